The zero-order chi connectivity index (χ0) is 11.8. The first-order chi connectivity index (χ1) is 7.74. The van der Waals surface area contributed by atoms with Crippen molar-refractivity contribution >= 4 is 11.6 Å². The fraction of sp³-hybridized carbons (Fsp3) is 0.273. The molecule has 0 aliphatic heterocycles. The lowest BCUT2D eigenvalue weighted by atomic mass is 10.2. The largest absolute Gasteiger partial charge is 0.391 e. The number of nitrogens with zero attached hydrogens (tertiary/aromatic N) is 1. The molecule has 16 heavy (non-hydrogen) atoms. The van der Waals surface area contributed by atoms with Crippen LogP contribution in [-0.2, 0) is 21.1 Å². The molecule has 0 aromatic heterocycles. The van der Waals surface area contributed by atoms with Crippen molar-refractivity contribution in [2.75, 3.05) is 7.11 Å². The molecule has 0 radical (unpaired) electrons. The van der Waals surface area contributed by atoms with E-state index < -0.39 is 5.91 Å². The van der Waals surface area contributed by atoms with Gasteiger partial charge in [0, 0.05) is 0 Å². The van der Waals surface area contributed by atoms with Gasteiger partial charge >= 0.3 is 0 Å². The highest BCUT2D eigenvalue weighted by molar-refractivity contribution is 6.37. The van der Waals surface area contributed by atoms with Crippen molar-refractivity contribution in [1.82, 2.24) is 5.48 Å². The summed E-state index contributed by atoms with van der Waals surface area (Å²) in [6, 6.07) is 9.57. The summed E-state index contributed by atoms with van der Waals surface area (Å²) in [4.78, 5) is 20.6. The van der Waals surface area contributed by atoms with Crippen molar-refractivity contribution < 1.29 is 14.5 Å². The first-order valence-corrected chi connectivity index (χ1v) is 4.78. The Kier molecular flexibility index (Phi) is 5.01. The molecule has 0 saturated carbocycles. The molecule has 1 aromatic rings. The normalized spacial score (nSPS) is 11.0. The first kappa shape index (κ1) is 12.2. The molecule has 1 rings (SSSR count). The molecule has 1 amide bonds. The predicted molar refractivity (Wildman–Crippen MR) is 59.5 cm³/mol. The predicted octanol–water partition coefficient (Wildman–Crippen LogP) is 1.26. The molecule has 1 aromatic carbocycles. The summed E-state index contributed by atoms with van der Waals surface area (Å²) < 4.78 is 0. The van der Waals surface area contributed by atoms with Crippen molar-refractivity contribution in [1.29, 1.82) is 0 Å². The van der Waals surface area contributed by atoms with Crippen LogP contribution >= 0.6 is 0 Å². The topological polar surface area (TPSA) is 59.9 Å². The number of carbonyl (C=O) groups is 1. The van der Waals surface area contributed by atoms with Gasteiger partial charge in [-0.3, -0.25) is 9.63 Å². The van der Waals surface area contributed by atoms with E-state index in [4.69, 9.17) is 4.84 Å². The van der Waals surface area contributed by atoms with Crippen molar-refractivity contribution in [2.24, 2.45) is 5.16 Å². The number of oxime groups is 1. The monoisotopic (exact) mass is 222 g/mol. The minimum absolute atomic E-state index is 0.206. The summed E-state index contributed by atoms with van der Waals surface area (Å²) in [5.74, 6) is -0.421. The molecule has 0 aliphatic carbocycles. The molecule has 5 heteroatoms. The van der Waals surface area contributed by atoms with Crippen LogP contribution in [0, 0.1) is 0 Å². The van der Waals surface area contributed by atoms with E-state index in [-0.39, 0.29) is 5.71 Å². The maximum absolute atomic E-state index is 11.1. The van der Waals surface area contributed by atoms with E-state index in [2.05, 4.69) is 15.5 Å². The van der Waals surface area contributed by atoms with Crippen molar-refractivity contribution in [3.8, 4) is 0 Å². The Labute approximate surface area is 94.0 Å². The van der Waals surface area contributed by atoms with Gasteiger partial charge in [-0.1, -0.05) is 35.5 Å². The molecule has 0 saturated heterocycles. The molecule has 1 N–H and O–H groups in total. The van der Waals surface area contributed by atoms with Gasteiger partial charge in [0.2, 0.25) is 0 Å². The Hall–Kier alpha value is -1.88. The molecule has 5 nitrogen and oxygen atoms in total. The molecule has 0 atom stereocenters. The highest BCUT2D eigenvalue weighted by Gasteiger charge is 2.04. The van der Waals surface area contributed by atoms with Gasteiger partial charge in [-0.2, -0.15) is 0 Å². The summed E-state index contributed by atoms with van der Waals surface area (Å²) in [6.07, 6.45) is 0. The van der Waals surface area contributed by atoms with Crippen molar-refractivity contribution in [3.05, 3.63) is 35.9 Å². The fourth-order valence-corrected chi connectivity index (χ4v) is 0.986. The highest BCUT2D eigenvalue weighted by Crippen LogP contribution is 2.00. The third-order valence-corrected chi connectivity index (χ3v) is 1.80. The summed E-state index contributed by atoms with van der Waals surface area (Å²) in [5.41, 5.74) is 3.34. The Balaban J connectivity index is 2.39. The quantitative estimate of drug-likeness (QED) is 0.602. The van der Waals surface area contributed by atoms with E-state index in [1.807, 2.05) is 30.3 Å². The fourth-order valence-electron chi connectivity index (χ4n) is 0.986. The number of nitrogens with one attached hydrogen (secondary N) is 1. The van der Waals surface area contributed by atoms with Gasteiger partial charge in [0.1, 0.15) is 12.3 Å². The second kappa shape index (κ2) is 6.58. The maximum atomic E-state index is 11.1. The van der Waals surface area contributed by atoms with Crippen LogP contribution in [0.1, 0.15) is 12.5 Å². The zero-order valence-corrected chi connectivity index (χ0v) is 9.27. The van der Waals surface area contributed by atoms with Gasteiger partial charge in [0.15, 0.2) is 0 Å². The van der Waals surface area contributed by atoms with Crippen LogP contribution in [0.5, 0.6) is 0 Å². The lowest BCUT2D eigenvalue weighted by molar-refractivity contribution is -0.124. The minimum atomic E-state index is -0.421. The minimum Gasteiger partial charge on any atom is -0.391 e. The lowest BCUT2D eigenvalue weighted by Gasteiger charge is -2.02. The van der Waals surface area contributed by atoms with Gasteiger partial charge in [-0.25, -0.2) is 5.48 Å². The molecule has 0 heterocycles. The molecular weight excluding hydrogens is 208 g/mol. The number of amides is 1. The van der Waals surface area contributed by atoms with Crippen molar-refractivity contribution in [2.45, 2.75) is 13.5 Å². The Morgan fingerprint density at radius 3 is 2.69 bits per heavy atom. The van der Waals surface area contributed by atoms with E-state index in [1.54, 1.807) is 6.92 Å². The van der Waals surface area contributed by atoms with Crippen LogP contribution in [0.4, 0.5) is 0 Å². The molecule has 0 fully saturated rings. The SMILES string of the molecule is CONC(=O)/C(C)=N/OCc1ccccc1. The standard InChI is InChI=1S/C11H14N2O3/c1-9(11(14)13-15-2)12-16-8-10-6-4-3-5-7-10/h3-7H,8H2,1-2H3,(H,13,14)/b12-9+. The molecular formula is C11H14N2O3. The third kappa shape index (κ3) is 4.10. The molecule has 0 unspecified atom stereocenters. The average molecular weight is 222 g/mol. The third-order valence-electron chi connectivity index (χ3n) is 1.80. The number of benzene rings is 1. The molecule has 0 aliphatic rings. The van der Waals surface area contributed by atoms with Crippen molar-refractivity contribution in [3.63, 3.8) is 0 Å². The molecule has 0 spiro atoms. The van der Waals surface area contributed by atoms with Crippen LogP contribution in [0.3, 0.4) is 0 Å². The van der Waals surface area contributed by atoms with Gasteiger partial charge in [0.05, 0.1) is 7.11 Å². The van der Waals surface area contributed by atoms with Gasteiger partial charge in [-0.15, -0.1) is 0 Å². The summed E-state index contributed by atoms with van der Waals surface area (Å²) in [7, 11) is 1.36. The van der Waals surface area contributed by atoms with Gasteiger partial charge < -0.3 is 4.84 Å². The number of rotatable bonds is 5. The number of carbonyl (C=O) groups excluding carboxylic acids is 1. The van der Waals surface area contributed by atoms with E-state index >= 15 is 0 Å². The van der Waals surface area contributed by atoms with Gasteiger partial charge in [-0.05, 0) is 12.5 Å². The maximum Gasteiger partial charge on any atom is 0.292 e. The lowest BCUT2D eigenvalue weighted by Crippen LogP contribution is -2.28. The van der Waals surface area contributed by atoms with E-state index in [1.165, 1.54) is 7.11 Å². The molecule has 0 bridgehead atoms. The Morgan fingerprint density at radius 2 is 2.06 bits per heavy atom. The number of hydroxylamine groups is 1. The number of hydrogen-bond acceptors (Lipinski definition) is 4. The smallest absolute Gasteiger partial charge is 0.292 e. The van der Waals surface area contributed by atoms with Gasteiger partial charge in [0.25, 0.3) is 5.91 Å². The Morgan fingerprint density at radius 1 is 1.38 bits per heavy atom. The summed E-state index contributed by atoms with van der Waals surface area (Å²) >= 11 is 0. The van der Waals surface area contributed by atoms with Crippen LogP contribution in [0.15, 0.2) is 35.5 Å². The van der Waals surface area contributed by atoms with Crippen LogP contribution < -0.4 is 5.48 Å². The first-order valence-electron chi connectivity index (χ1n) is 4.78. The second-order valence-corrected chi connectivity index (χ2v) is 3.07. The second-order valence-electron chi connectivity index (χ2n) is 3.07. The highest BCUT2D eigenvalue weighted by atomic mass is 16.6. The zero-order valence-electron chi connectivity index (χ0n) is 9.27. The number of hydrogen-bond donors (Lipinski definition) is 1. The Bertz CT molecular complexity index is 363. The average Bonchev–Trinajstić information content (AvgIpc) is 2.30. The van der Waals surface area contributed by atoms with Crippen LogP contribution in [-0.4, -0.2) is 18.7 Å². The molecule has 86 valence electrons. The van der Waals surface area contributed by atoms with E-state index in [0.717, 1.165) is 5.56 Å². The summed E-state index contributed by atoms with van der Waals surface area (Å²) in [6.45, 7) is 1.87. The van der Waals surface area contributed by atoms with Crippen LogP contribution in [0.25, 0.3) is 0 Å². The van der Waals surface area contributed by atoms with Crippen LogP contribution in [0.2, 0.25) is 0 Å². The van der Waals surface area contributed by atoms with E-state index in [9.17, 15) is 4.79 Å². The van der Waals surface area contributed by atoms with E-state index in [0.29, 0.717) is 6.61 Å². The summed E-state index contributed by atoms with van der Waals surface area (Å²) in [5, 5.41) is 3.66.